The molecule has 0 spiro atoms. The van der Waals surface area contributed by atoms with Crippen LogP contribution < -0.4 is 10.9 Å². The minimum absolute atomic E-state index is 0.138. The molecule has 6 rings (SSSR count). The van der Waals surface area contributed by atoms with Crippen LogP contribution in [-0.2, 0) is 7.05 Å². The van der Waals surface area contributed by atoms with Gasteiger partial charge in [-0.1, -0.05) is 54.6 Å². The highest BCUT2D eigenvalue weighted by molar-refractivity contribution is 7.10. The Morgan fingerprint density at radius 2 is 1.75 bits per heavy atom. The Morgan fingerprint density at radius 3 is 2.42 bits per heavy atom. The van der Waals surface area contributed by atoms with E-state index in [2.05, 4.69) is 11.4 Å². The first-order chi connectivity index (χ1) is 17.6. The lowest BCUT2D eigenvalue weighted by atomic mass is 9.98. The van der Waals surface area contributed by atoms with E-state index in [0.717, 1.165) is 33.3 Å². The van der Waals surface area contributed by atoms with E-state index in [1.807, 2.05) is 108 Å². The van der Waals surface area contributed by atoms with Gasteiger partial charge in [-0.25, -0.2) is 9.36 Å². The van der Waals surface area contributed by atoms with E-state index < -0.39 is 6.04 Å². The SMILES string of the molecule is Cc1c(-c2cc3n(n2)C(c2cccs2)C(C#N)=C(c2ccccc2)N3)c(=O)n(-c2ccccc2)n1C. The van der Waals surface area contributed by atoms with Crippen LogP contribution in [0, 0.1) is 18.3 Å². The second kappa shape index (κ2) is 8.56. The number of para-hydroxylation sites is 1. The molecular weight excluding hydrogens is 468 g/mol. The van der Waals surface area contributed by atoms with E-state index in [1.54, 1.807) is 16.0 Å². The zero-order valence-electron chi connectivity index (χ0n) is 19.7. The first-order valence-corrected chi connectivity index (χ1v) is 12.4. The van der Waals surface area contributed by atoms with Gasteiger partial charge in [-0.15, -0.1) is 11.3 Å². The van der Waals surface area contributed by atoms with E-state index in [-0.39, 0.29) is 5.56 Å². The molecule has 0 saturated heterocycles. The zero-order valence-corrected chi connectivity index (χ0v) is 20.5. The number of allylic oxidation sites excluding steroid dienone is 1. The Bertz CT molecular complexity index is 1700. The highest BCUT2D eigenvalue weighted by Crippen LogP contribution is 2.41. The molecular formula is C28H22N6OS. The van der Waals surface area contributed by atoms with Crippen molar-refractivity contribution in [2.24, 2.45) is 7.05 Å². The number of rotatable bonds is 4. The fourth-order valence-electron chi connectivity index (χ4n) is 4.78. The third kappa shape index (κ3) is 3.33. The maximum atomic E-state index is 13.7. The summed E-state index contributed by atoms with van der Waals surface area (Å²) >= 11 is 1.58. The van der Waals surface area contributed by atoms with Crippen LogP contribution in [0.25, 0.3) is 22.6 Å². The Labute approximate surface area is 211 Å². The molecule has 7 nitrogen and oxygen atoms in total. The van der Waals surface area contributed by atoms with E-state index in [0.29, 0.717) is 16.8 Å². The van der Waals surface area contributed by atoms with E-state index in [1.165, 1.54) is 0 Å². The number of fused-ring (bicyclic) bond motifs is 1. The Morgan fingerprint density at radius 1 is 1.03 bits per heavy atom. The highest BCUT2D eigenvalue weighted by atomic mass is 32.1. The van der Waals surface area contributed by atoms with Gasteiger partial charge in [0, 0.05) is 23.7 Å². The standard InChI is InChI=1S/C28H22N6OS/c1-18-25(28(35)34(32(18)2)20-12-7-4-8-13-20)22-16-24-30-26(19-10-5-3-6-11-19)21(17-29)27(33(24)31-22)23-14-9-15-36-23/h3-16,27,30H,1-2H3. The van der Waals surface area contributed by atoms with Crippen LogP contribution >= 0.6 is 11.3 Å². The number of nitrogens with one attached hydrogen (secondary N) is 1. The second-order valence-corrected chi connectivity index (χ2v) is 9.58. The molecule has 0 saturated carbocycles. The number of anilines is 1. The van der Waals surface area contributed by atoms with Gasteiger partial charge < -0.3 is 5.32 Å². The summed E-state index contributed by atoms with van der Waals surface area (Å²) in [4.78, 5) is 14.7. The normalized spacial score (nSPS) is 14.9. The Balaban J connectivity index is 1.55. The average Bonchev–Trinajstić information content (AvgIpc) is 3.63. The molecule has 1 aliphatic rings. The van der Waals surface area contributed by atoms with Gasteiger partial charge in [0.15, 0.2) is 0 Å². The van der Waals surface area contributed by atoms with Gasteiger partial charge in [-0.3, -0.25) is 9.48 Å². The molecule has 36 heavy (non-hydrogen) atoms. The summed E-state index contributed by atoms with van der Waals surface area (Å²) in [5.74, 6) is 0.732. The van der Waals surface area contributed by atoms with Crippen LogP contribution in [-0.4, -0.2) is 19.1 Å². The molecule has 5 aromatic rings. The van der Waals surface area contributed by atoms with Gasteiger partial charge in [0.2, 0.25) is 0 Å². The van der Waals surface area contributed by atoms with Crippen LogP contribution in [0.5, 0.6) is 0 Å². The lowest BCUT2D eigenvalue weighted by Crippen LogP contribution is -2.23. The first kappa shape index (κ1) is 21.9. The van der Waals surface area contributed by atoms with E-state index in [9.17, 15) is 10.1 Å². The Hall–Kier alpha value is -4.61. The third-order valence-corrected chi connectivity index (χ3v) is 7.51. The molecule has 2 aromatic carbocycles. The van der Waals surface area contributed by atoms with Gasteiger partial charge in [0.1, 0.15) is 17.6 Å². The Kier molecular flexibility index (Phi) is 5.20. The second-order valence-electron chi connectivity index (χ2n) is 8.61. The molecule has 1 aliphatic heterocycles. The molecule has 1 unspecified atom stereocenters. The topological polar surface area (TPSA) is 80.6 Å². The van der Waals surface area contributed by atoms with Crippen LogP contribution in [0.3, 0.4) is 0 Å². The molecule has 1 atom stereocenters. The lowest BCUT2D eigenvalue weighted by molar-refractivity contribution is 0.607. The number of benzene rings is 2. The van der Waals surface area contributed by atoms with Crippen molar-refractivity contribution in [2.45, 2.75) is 13.0 Å². The summed E-state index contributed by atoms with van der Waals surface area (Å²) in [6, 6.07) is 27.3. The summed E-state index contributed by atoms with van der Waals surface area (Å²) < 4.78 is 5.33. The van der Waals surface area contributed by atoms with Crippen molar-refractivity contribution in [3.05, 3.63) is 116 Å². The van der Waals surface area contributed by atoms with Gasteiger partial charge in [-0.05, 0) is 36.1 Å². The summed E-state index contributed by atoms with van der Waals surface area (Å²) in [6.07, 6.45) is 0. The molecule has 0 radical (unpaired) electrons. The molecule has 0 aliphatic carbocycles. The zero-order chi connectivity index (χ0) is 24.8. The predicted octanol–water partition coefficient (Wildman–Crippen LogP) is 5.36. The summed E-state index contributed by atoms with van der Waals surface area (Å²) in [6.45, 7) is 1.92. The van der Waals surface area contributed by atoms with Crippen molar-refractivity contribution < 1.29 is 0 Å². The van der Waals surface area contributed by atoms with Crippen molar-refractivity contribution in [1.82, 2.24) is 19.1 Å². The maximum Gasteiger partial charge on any atom is 0.281 e. The van der Waals surface area contributed by atoms with E-state index >= 15 is 0 Å². The molecule has 1 N–H and O–H groups in total. The fourth-order valence-corrected chi connectivity index (χ4v) is 5.60. The number of thiophene rings is 1. The molecule has 0 bridgehead atoms. The van der Waals surface area contributed by atoms with Crippen molar-refractivity contribution in [2.75, 3.05) is 5.32 Å². The first-order valence-electron chi connectivity index (χ1n) is 11.5. The summed E-state index contributed by atoms with van der Waals surface area (Å²) in [5.41, 5.74) is 4.82. The largest absolute Gasteiger partial charge is 0.339 e. The summed E-state index contributed by atoms with van der Waals surface area (Å²) in [7, 11) is 1.87. The van der Waals surface area contributed by atoms with Gasteiger partial charge in [0.05, 0.1) is 28.6 Å². The molecule has 0 amide bonds. The minimum atomic E-state index is -0.393. The molecule has 0 fully saturated rings. The quantitative estimate of drug-likeness (QED) is 0.368. The predicted molar refractivity (Wildman–Crippen MR) is 142 cm³/mol. The molecule has 3 aromatic heterocycles. The van der Waals surface area contributed by atoms with E-state index in [4.69, 9.17) is 5.10 Å². The maximum absolute atomic E-state index is 13.7. The van der Waals surface area contributed by atoms with Crippen molar-refractivity contribution in [3.8, 4) is 23.0 Å². The number of hydrogen-bond acceptors (Lipinski definition) is 5. The fraction of sp³-hybridized carbons (Fsp3) is 0.107. The summed E-state index contributed by atoms with van der Waals surface area (Å²) in [5, 5.41) is 20.6. The molecule has 176 valence electrons. The van der Waals surface area contributed by atoms with Crippen molar-refractivity contribution in [3.63, 3.8) is 0 Å². The van der Waals surface area contributed by atoms with Crippen LogP contribution in [0.2, 0.25) is 0 Å². The van der Waals surface area contributed by atoms with Gasteiger partial charge in [-0.2, -0.15) is 10.4 Å². The number of nitriles is 1. The molecule has 4 heterocycles. The van der Waals surface area contributed by atoms with Crippen LogP contribution in [0.1, 0.15) is 22.2 Å². The lowest BCUT2D eigenvalue weighted by Gasteiger charge is -2.27. The van der Waals surface area contributed by atoms with Crippen LogP contribution in [0.15, 0.2) is 94.6 Å². The number of nitrogens with zero attached hydrogens (tertiary/aromatic N) is 5. The highest BCUT2D eigenvalue weighted by Gasteiger charge is 2.33. The van der Waals surface area contributed by atoms with Crippen molar-refractivity contribution in [1.29, 1.82) is 5.26 Å². The minimum Gasteiger partial charge on any atom is -0.339 e. The third-order valence-electron chi connectivity index (χ3n) is 6.58. The van der Waals surface area contributed by atoms with Gasteiger partial charge in [0.25, 0.3) is 5.56 Å². The number of aromatic nitrogens is 4. The number of hydrogen-bond donors (Lipinski definition) is 1. The monoisotopic (exact) mass is 490 g/mol. The van der Waals surface area contributed by atoms with Crippen molar-refractivity contribution >= 4 is 22.9 Å². The molecule has 8 heteroatoms. The van der Waals surface area contributed by atoms with Gasteiger partial charge >= 0.3 is 0 Å². The average molecular weight is 491 g/mol. The van der Waals surface area contributed by atoms with Crippen LogP contribution in [0.4, 0.5) is 5.82 Å². The smallest absolute Gasteiger partial charge is 0.281 e.